The van der Waals surface area contributed by atoms with Gasteiger partial charge < -0.3 is 10.6 Å². The zero-order valence-corrected chi connectivity index (χ0v) is 14.9. The van der Waals surface area contributed by atoms with Crippen molar-refractivity contribution in [3.63, 3.8) is 0 Å². The normalized spacial score (nSPS) is 11.0. The Balaban J connectivity index is 1.81. The fourth-order valence-corrected chi connectivity index (χ4v) is 2.86. The minimum atomic E-state index is 0.551. The van der Waals surface area contributed by atoms with Gasteiger partial charge >= 0.3 is 0 Å². The number of anilines is 2. The molecular weight excluding hydrogens is 280 g/mol. The molecule has 0 amide bonds. The summed E-state index contributed by atoms with van der Waals surface area (Å²) in [6.45, 7) is 10.9. The zero-order chi connectivity index (χ0) is 16.7. The van der Waals surface area contributed by atoms with Crippen LogP contribution in [0.5, 0.6) is 0 Å². The summed E-state index contributed by atoms with van der Waals surface area (Å²) in [4.78, 5) is 0. The van der Waals surface area contributed by atoms with Gasteiger partial charge in [-0.25, -0.2) is 0 Å². The molecule has 2 rings (SSSR count). The van der Waals surface area contributed by atoms with Crippen LogP contribution in [0, 0.1) is 0 Å². The van der Waals surface area contributed by atoms with Crippen molar-refractivity contribution >= 4 is 11.4 Å². The zero-order valence-electron chi connectivity index (χ0n) is 14.9. The van der Waals surface area contributed by atoms with E-state index in [-0.39, 0.29) is 0 Å². The molecule has 124 valence electrons. The molecule has 2 nitrogen and oxygen atoms in total. The Morgan fingerprint density at radius 1 is 0.652 bits per heavy atom. The molecule has 0 aliphatic heterocycles. The van der Waals surface area contributed by atoms with Gasteiger partial charge in [0, 0.05) is 24.5 Å². The van der Waals surface area contributed by atoms with E-state index in [0.29, 0.717) is 11.8 Å². The molecule has 0 unspecified atom stereocenters. The van der Waals surface area contributed by atoms with Crippen molar-refractivity contribution in [2.75, 3.05) is 23.7 Å². The van der Waals surface area contributed by atoms with Crippen LogP contribution >= 0.6 is 0 Å². The summed E-state index contributed by atoms with van der Waals surface area (Å²) >= 11 is 0. The van der Waals surface area contributed by atoms with Crippen molar-refractivity contribution in [1.82, 2.24) is 0 Å². The number of para-hydroxylation sites is 2. The summed E-state index contributed by atoms with van der Waals surface area (Å²) in [6.07, 6.45) is 1.10. The summed E-state index contributed by atoms with van der Waals surface area (Å²) < 4.78 is 0. The van der Waals surface area contributed by atoms with Gasteiger partial charge in [0.15, 0.2) is 0 Å². The van der Waals surface area contributed by atoms with Gasteiger partial charge in [-0.1, -0.05) is 64.1 Å². The van der Waals surface area contributed by atoms with Crippen LogP contribution in [0.2, 0.25) is 0 Å². The summed E-state index contributed by atoms with van der Waals surface area (Å²) in [5, 5.41) is 7.16. The largest absolute Gasteiger partial charge is 0.385 e. The Bertz CT molecular complexity index is 549. The molecule has 0 bridgehead atoms. The lowest BCUT2D eigenvalue weighted by molar-refractivity contribution is 0.849. The second-order valence-electron chi connectivity index (χ2n) is 6.69. The Morgan fingerprint density at radius 3 is 1.43 bits per heavy atom. The third-order valence-electron chi connectivity index (χ3n) is 4.15. The first-order chi connectivity index (χ1) is 11.1. The monoisotopic (exact) mass is 310 g/mol. The number of nitrogens with one attached hydrogen (secondary N) is 2. The van der Waals surface area contributed by atoms with E-state index in [1.807, 2.05) is 0 Å². The molecule has 2 N–H and O–H groups in total. The molecule has 23 heavy (non-hydrogen) atoms. The standard InChI is InChI=1S/C21H30N2/c1-16(2)18-10-5-7-12-20(18)22-14-9-15-23-21-13-8-6-11-19(21)17(3)4/h5-8,10-13,16-17,22-23H,9,14-15H2,1-4H3. The molecule has 0 fully saturated rings. The van der Waals surface area contributed by atoms with Gasteiger partial charge in [0.1, 0.15) is 0 Å². The summed E-state index contributed by atoms with van der Waals surface area (Å²) in [7, 11) is 0. The molecule has 2 aromatic carbocycles. The fourth-order valence-electron chi connectivity index (χ4n) is 2.86. The van der Waals surface area contributed by atoms with Gasteiger partial charge in [0.05, 0.1) is 0 Å². The van der Waals surface area contributed by atoms with Crippen LogP contribution in [0.25, 0.3) is 0 Å². The van der Waals surface area contributed by atoms with Crippen LogP contribution in [0.1, 0.15) is 57.1 Å². The Morgan fingerprint density at radius 2 is 1.04 bits per heavy atom. The highest BCUT2D eigenvalue weighted by Crippen LogP contribution is 2.24. The SMILES string of the molecule is CC(C)c1ccccc1NCCCNc1ccccc1C(C)C. The van der Waals surface area contributed by atoms with Gasteiger partial charge in [-0.05, 0) is 41.5 Å². The maximum Gasteiger partial charge on any atom is 0.0375 e. The van der Waals surface area contributed by atoms with Crippen molar-refractivity contribution in [3.05, 3.63) is 59.7 Å². The smallest absolute Gasteiger partial charge is 0.0375 e. The van der Waals surface area contributed by atoms with Crippen LogP contribution in [-0.2, 0) is 0 Å². The maximum absolute atomic E-state index is 3.58. The number of hydrogen-bond acceptors (Lipinski definition) is 2. The lowest BCUT2D eigenvalue weighted by atomic mass is 10.0. The lowest BCUT2D eigenvalue weighted by Crippen LogP contribution is -2.11. The predicted molar refractivity (Wildman–Crippen MR) is 103 cm³/mol. The van der Waals surface area contributed by atoms with Crippen LogP contribution in [0.4, 0.5) is 11.4 Å². The van der Waals surface area contributed by atoms with Gasteiger partial charge in [0.25, 0.3) is 0 Å². The van der Waals surface area contributed by atoms with E-state index in [1.165, 1.54) is 22.5 Å². The quantitative estimate of drug-likeness (QED) is 0.598. The Kier molecular flexibility index (Phi) is 6.52. The fraction of sp³-hybridized carbons (Fsp3) is 0.429. The molecule has 0 spiro atoms. The summed E-state index contributed by atoms with van der Waals surface area (Å²) in [6, 6.07) is 17.2. The topological polar surface area (TPSA) is 24.1 Å². The maximum atomic E-state index is 3.58. The van der Waals surface area contributed by atoms with Gasteiger partial charge in [0.2, 0.25) is 0 Å². The second kappa shape index (κ2) is 8.61. The van der Waals surface area contributed by atoms with E-state index in [4.69, 9.17) is 0 Å². The van der Waals surface area contributed by atoms with Gasteiger partial charge in [-0.15, -0.1) is 0 Å². The van der Waals surface area contributed by atoms with Crippen molar-refractivity contribution in [2.24, 2.45) is 0 Å². The first-order valence-electron chi connectivity index (χ1n) is 8.75. The first kappa shape index (κ1) is 17.4. The van der Waals surface area contributed by atoms with Crippen LogP contribution in [0.15, 0.2) is 48.5 Å². The molecule has 0 aliphatic rings. The second-order valence-corrected chi connectivity index (χ2v) is 6.69. The molecule has 2 heteroatoms. The van der Waals surface area contributed by atoms with Crippen molar-refractivity contribution < 1.29 is 0 Å². The van der Waals surface area contributed by atoms with E-state index < -0.39 is 0 Å². The average molecular weight is 310 g/mol. The molecule has 2 aromatic rings. The first-order valence-corrected chi connectivity index (χ1v) is 8.75. The molecule has 0 aliphatic carbocycles. The number of benzene rings is 2. The lowest BCUT2D eigenvalue weighted by Gasteiger charge is -2.16. The minimum absolute atomic E-state index is 0.551. The van der Waals surface area contributed by atoms with Crippen molar-refractivity contribution in [1.29, 1.82) is 0 Å². The van der Waals surface area contributed by atoms with Crippen LogP contribution < -0.4 is 10.6 Å². The predicted octanol–water partition coefficient (Wildman–Crippen LogP) is 5.85. The van der Waals surface area contributed by atoms with Gasteiger partial charge in [-0.2, -0.15) is 0 Å². The highest BCUT2D eigenvalue weighted by Gasteiger charge is 2.06. The number of hydrogen-bond donors (Lipinski definition) is 2. The third-order valence-corrected chi connectivity index (χ3v) is 4.15. The molecular formula is C21H30N2. The minimum Gasteiger partial charge on any atom is -0.385 e. The molecule has 0 radical (unpaired) electrons. The Labute approximate surface area is 141 Å². The highest BCUT2D eigenvalue weighted by atomic mass is 14.9. The highest BCUT2D eigenvalue weighted by molar-refractivity contribution is 5.53. The number of rotatable bonds is 8. The van der Waals surface area contributed by atoms with E-state index in [2.05, 4.69) is 86.9 Å². The Hall–Kier alpha value is -1.96. The van der Waals surface area contributed by atoms with E-state index in [9.17, 15) is 0 Å². The third kappa shape index (κ3) is 5.02. The van der Waals surface area contributed by atoms with E-state index in [0.717, 1.165) is 19.5 Å². The molecule has 0 saturated heterocycles. The van der Waals surface area contributed by atoms with Crippen LogP contribution in [0.3, 0.4) is 0 Å². The molecule has 0 heterocycles. The van der Waals surface area contributed by atoms with Gasteiger partial charge in [-0.3, -0.25) is 0 Å². The summed E-state index contributed by atoms with van der Waals surface area (Å²) in [5.74, 6) is 1.10. The molecule has 0 aromatic heterocycles. The summed E-state index contributed by atoms with van der Waals surface area (Å²) in [5.41, 5.74) is 5.33. The van der Waals surface area contributed by atoms with Crippen molar-refractivity contribution in [2.45, 2.75) is 46.0 Å². The molecule has 0 saturated carbocycles. The van der Waals surface area contributed by atoms with E-state index >= 15 is 0 Å². The van der Waals surface area contributed by atoms with Crippen molar-refractivity contribution in [3.8, 4) is 0 Å². The van der Waals surface area contributed by atoms with Crippen LogP contribution in [-0.4, -0.2) is 13.1 Å². The average Bonchev–Trinajstić information content (AvgIpc) is 2.55. The van der Waals surface area contributed by atoms with E-state index in [1.54, 1.807) is 0 Å². The molecule has 0 atom stereocenters.